The molecule has 0 saturated heterocycles. The van der Waals surface area contributed by atoms with E-state index in [1.165, 1.54) is 26.4 Å². The van der Waals surface area contributed by atoms with Crippen LogP contribution in [0.1, 0.15) is 30.6 Å². The second-order valence-electron chi connectivity index (χ2n) is 6.83. The van der Waals surface area contributed by atoms with Crippen LogP contribution in [-0.4, -0.2) is 49.1 Å². The number of carbonyl (C=O) groups is 2. The van der Waals surface area contributed by atoms with Gasteiger partial charge < -0.3 is 24.6 Å². The van der Waals surface area contributed by atoms with Crippen LogP contribution in [0.5, 0.6) is 17.2 Å². The highest BCUT2D eigenvalue weighted by Crippen LogP contribution is 2.52. The molecule has 0 fully saturated rings. The lowest BCUT2D eigenvalue weighted by Crippen LogP contribution is -2.55. The van der Waals surface area contributed by atoms with E-state index < -0.39 is 29.2 Å². The van der Waals surface area contributed by atoms with Crippen LogP contribution in [0, 0.1) is 5.92 Å². The van der Waals surface area contributed by atoms with Gasteiger partial charge in [-0.2, -0.15) is 0 Å². The summed E-state index contributed by atoms with van der Waals surface area (Å²) in [5.41, 5.74) is -0.874. The third kappa shape index (κ3) is 2.95. The Kier molecular flexibility index (Phi) is 5.10. The van der Waals surface area contributed by atoms with E-state index in [0.29, 0.717) is 24.4 Å². The van der Waals surface area contributed by atoms with E-state index in [2.05, 4.69) is 5.32 Å². The number of nitrogens with one attached hydrogen (secondary N) is 1. The van der Waals surface area contributed by atoms with Gasteiger partial charge in [0.2, 0.25) is 17.2 Å². The maximum atomic E-state index is 13.3. The molecule has 2 N–H and O–H groups in total. The summed E-state index contributed by atoms with van der Waals surface area (Å²) in [6.45, 7) is 3.73. The van der Waals surface area contributed by atoms with Crippen molar-refractivity contribution in [3.05, 3.63) is 28.4 Å². The Labute approximate surface area is 162 Å². The SMILES string of the molecule is COc1cc(OC)c2c(c1Cl)O[C@@]1(C(=O)C=C(NCC(C)O)C[C@H]1C)C2=O. The van der Waals surface area contributed by atoms with E-state index in [1.807, 2.05) is 0 Å². The summed E-state index contributed by atoms with van der Waals surface area (Å²) in [6, 6.07) is 1.50. The fourth-order valence-electron chi connectivity index (χ4n) is 3.53. The van der Waals surface area contributed by atoms with Gasteiger partial charge in [-0.05, 0) is 13.3 Å². The Morgan fingerprint density at radius 3 is 2.59 bits per heavy atom. The van der Waals surface area contributed by atoms with Gasteiger partial charge in [0.05, 0.1) is 20.3 Å². The fraction of sp³-hybridized carbons (Fsp3) is 0.474. The van der Waals surface area contributed by atoms with Crippen molar-refractivity contribution < 1.29 is 28.9 Å². The average molecular weight is 396 g/mol. The molecule has 0 radical (unpaired) electrons. The topological polar surface area (TPSA) is 94.1 Å². The molecule has 2 aliphatic rings. The number of allylic oxidation sites excluding steroid dienone is 1. The van der Waals surface area contributed by atoms with E-state index in [4.69, 9.17) is 25.8 Å². The van der Waals surface area contributed by atoms with Crippen LogP contribution in [0.3, 0.4) is 0 Å². The molecule has 3 atom stereocenters. The van der Waals surface area contributed by atoms with Crippen LogP contribution < -0.4 is 19.5 Å². The molecule has 0 bridgehead atoms. The number of hydrogen-bond donors (Lipinski definition) is 2. The number of Topliss-reactive ketones (excluding diaryl/α,β-unsaturated/α-hetero) is 1. The maximum Gasteiger partial charge on any atom is 0.236 e. The van der Waals surface area contributed by atoms with E-state index in [1.54, 1.807) is 13.8 Å². The summed E-state index contributed by atoms with van der Waals surface area (Å²) in [5.74, 6) is -0.738. The van der Waals surface area contributed by atoms with E-state index in [0.717, 1.165) is 0 Å². The predicted molar refractivity (Wildman–Crippen MR) is 98.8 cm³/mol. The first-order valence-corrected chi connectivity index (χ1v) is 8.99. The van der Waals surface area contributed by atoms with Crippen LogP contribution >= 0.6 is 11.6 Å². The van der Waals surface area contributed by atoms with Crippen LogP contribution in [-0.2, 0) is 4.79 Å². The number of benzene rings is 1. The highest BCUT2D eigenvalue weighted by molar-refractivity contribution is 6.36. The fourth-order valence-corrected chi connectivity index (χ4v) is 3.80. The van der Waals surface area contributed by atoms with E-state index in [-0.39, 0.29) is 22.1 Å². The number of carbonyl (C=O) groups excluding carboxylic acids is 2. The summed E-state index contributed by atoms with van der Waals surface area (Å²) in [7, 11) is 2.86. The number of fused-ring (bicyclic) bond motifs is 1. The Morgan fingerprint density at radius 1 is 1.37 bits per heavy atom. The highest BCUT2D eigenvalue weighted by Gasteiger charge is 2.60. The molecule has 0 amide bonds. The number of rotatable bonds is 5. The standard InChI is InChI=1S/C19H22ClNO6/c1-9-5-11(21-8-10(2)22)6-14(23)19(9)18(24)15-12(25-3)7-13(26-4)16(20)17(15)27-19/h6-7,9-10,21-22H,5,8H2,1-4H3/t9-,10?,19+/m1/s1. The quantitative estimate of drug-likeness (QED) is 0.737. The van der Waals surface area contributed by atoms with Crippen molar-refractivity contribution in [2.75, 3.05) is 20.8 Å². The molecule has 1 aliphatic carbocycles. The number of halogens is 1. The molecule has 0 aromatic heterocycles. The number of methoxy groups -OCH3 is 2. The molecule has 1 aliphatic heterocycles. The smallest absolute Gasteiger partial charge is 0.236 e. The van der Waals surface area contributed by atoms with Gasteiger partial charge in [0.15, 0.2) is 5.75 Å². The molecule has 7 nitrogen and oxygen atoms in total. The Morgan fingerprint density at radius 2 is 2.04 bits per heavy atom. The van der Waals surface area contributed by atoms with Crippen LogP contribution in [0.4, 0.5) is 0 Å². The van der Waals surface area contributed by atoms with Gasteiger partial charge in [-0.1, -0.05) is 18.5 Å². The molecule has 1 aromatic carbocycles. The Balaban J connectivity index is 2.04. The summed E-state index contributed by atoms with van der Waals surface area (Å²) in [5, 5.41) is 12.6. The third-order valence-electron chi connectivity index (χ3n) is 4.93. The van der Waals surface area contributed by atoms with Crippen molar-refractivity contribution in [1.29, 1.82) is 0 Å². The lowest BCUT2D eigenvalue weighted by Gasteiger charge is -2.35. The van der Waals surface area contributed by atoms with Gasteiger partial charge in [-0.15, -0.1) is 0 Å². The largest absolute Gasteiger partial charge is 0.496 e. The van der Waals surface area contributed by atoms with Crippen LogP contribution in [0.25, 0.3) is 0 Å². The van der Waals surface area contributed by atoms with E-state index >= 15 is 0 Å². The number of ether oxygens (including phenoxy) is 3. The van der Waals surface area contributed by atoms with Gasteiger partial charge in [0.25, 0.3) is 0 Å². The number of aliphatic hydroxyl groups excluding tert-OH is 1. The Hall–Kier alpha value is -2.25. The van der Waals surface area contributed by atoms with Crippen molar-refractivity contribution in [3.63, 3.8) is 0 Å². The molecular weight excluding hydrogens is 374 g/mol. The lowest BCUT2D eigenvalue weighted by atomic mass is 9.74. The average Bonchev–Trinajstić information content (AvgIpc) is 2.94. The Bertz CT molecular complexity index is 834. The second kappa shape index (κ2) is 7.05. The zero-order valence-corrected chi connectivity index (χ0v) is 16.3. The minimum atomic E-state index is -1.68. The first kappa shape index (κ1) is 19.5. The number of ketones is 2. The van der Waals surface area contributed by atoms with Crippen molar-refractivity contribution >= 4 is 23.2 Å². The van der Waals surface area contributed by atoms with Crippen molar-refractivity contribution in [1.82, 2.24) is 5.32 Å². The zero-order valence-electron chi connectivity index (χ0n) is 15.6. The normalized spacial score (nSPS) is 25.0. The summed E-state index contributed by atoms with van der Waals surface area (Å²) < 4.78 is 16.5. The van der Waals surface area contributed by atoms with Gasteiger partial charge in [-0.25, -0.2) is 0 Å². The second-order valence-corrected chi connectivity index (χ2v) is 7.21. The maximum absolute atomic E-state index is 13.3. The van der Waals surface area contributed by atoms with Crippen LogP contribution in [0.15, 0.2) is 17.8 Å². The molecule has 27 heavy (non-hydrogen) atoms. The summed E-state index contributed by atoms with van der Waals surface area (Å²) >= 11 is 6.34. The monoisotopic (exact) mass is 395 g/mol. The zero-order chi connectivity index (χ0) is 19.9. The molecule has 1 spiro atoms. The molecule has 3 rings (SSSR count). The van der Waals surface area contributed by atoms with Gasteiger partial charge in [0, 0.05) is 30.3 Å². The van der Waals surface area contributed by atoms with Crippen molar-refractivity contribution in [2.45, 2.75) is 32.0 Å². The molecule has 1 unspecified atom stereocenters. The molecular formula is C19H22ClNO6. The predicted octanol–water partition coefficient (Wildman–Crippen LogP) is 2.13. The summed E-state index contributed by atoms with van der Waals surface area (Å²) in [6.07, 6.45) is 1.22. The van der Waals surface area contributed by atoms with Crippen LogP contribution in [0.2, 0.25) is 5.02 Å². The molecule has 1 heterocycles. The highest BCUT2D eigenvalue weighted by atomic mass is 35.5. The van der Waals surface area contributed by atoms with Gasteiger partial charge >= 0.3 is 0 Å². The van der Waals surface area contributed by atoms with Gasteiger partial charge in [0.1, 0.15) is 22.1 Å². The first-order valence-electron chi connectivity index (χ1n) is 8.61. The van der Waals surface area contributed by atoms with Gasteiger partial charge in [-0.3, -0.25) is 9.59 Å². The number of aliphatic hydroxyl groups is 1. The first-order chi connectivity index (χ1) is 12.8. The third-order valence-corrected chi connectivity index (χ3v) is 5.29. The van der Waals surface area contributed by atoms with E-state index in [9.17, 15) is 14.7 Å². The number of hydrogen-bond acceptors (Lipinski definition) is 7. The molecule has 0 saturated carbocycles. The molecule has 8 heteroatoms. The minimum Gasteiger partial charge on any atom is -0.496 e. The molecule has 146 valence electrons. The lowest BCUT2D eigenvalue weighted by molar-refractivity contribution is -0.129. The van der Waals surface area contributed by atoms with Crippen molar-refractivity contribution in [3.8, 4) is 17.2 Å². The van der Waals surface area contributed by atoms with Crippen molar-refractivity contribution in [2.24, 2.45) is 5.92 Å². The minimum absolute atomic E-state index is 0.104. The molecule has 1 aromatic rings. The summed E-state index contributed by atoms with van der Waals surface area (Å²) in [4.78, 5) is 26.3.